The number of benzene rings is 1. The fourth-order valence-electron chi connectivity index (χ4n) is 4.52. The fourth-order valence-corrected chi connectivity index (χ4v) is 4.52. The van der Waals surface area contributed by atoms with E-state index in [1.54, 1.807) is 38.4 Å². The van der Waals surface area contributed by atoms with E-state index in [1.807, 2.05) is 11.8 Å². The molecule has 178 valence electrons. The predicted octanol–water partition coefficient (Wildman–Crippen LogP) is 4.68. The zero-order valence-corrected chi connectivity index (χ0v) is 20.1. The number of allylic oxidation sites excluding steroid dienone is 1. The predicted molar refractivity (Wildman–Crippen MR) is 132 cm³/mol. The van der Waals surface area contributed by atoms with Crippen LogP contribution in [0.4, 0.5) is 0 Å². The van der Waals surface area contributed by atoms with Crippen molar-refractivity contribution >= 4 is 34.8 Å². The Labute approximate surface area is 198 Å². The Morgan fingerprint density at radius 1 is 1.32 bits per heavy atom. The van der Waals surface area contributed by atoms with Gasteiger partial charge in [0.05, 0.1) is 16.8 Å². The molecule has 0 spiro atoms. The highest BCUT2D eigenvalue weighted by Crippen LogP contribution is 2.32. The molecule has 1 aliphatic rings. The molecule has 0 bridgehead atoms. The molecule has 0 saturated carbocycles. The number of nitrogens with one attached hydrogen (secondary N) is 3. The number of carbonyl (C=O) groups excluding carboxylic acids is 2. The van der Waals surface area contributed by atoms with E-state index < -0.39 is 0 Å². The summed E-state index contributed by atoms with van der Waals surface area (Å²) in [6.45, 7) is 8.65. The number of furan rings is 1. The molecule has 1 atom stereocenters. The maximum atomic E-state index is 13.1. The number of rotatable bonds is 7. The highest BCUT2D eigenvalue weighted by atomic mass is 16.5. The van der Waals surface area contributed by atoms with Crippen LogP contribution < -0.4 is 10.1 Å². The standard InChI is InChI=1S/C26H30N4O4/c1-14(2)20-9-11-30(20)26(32)19-13-29-24(15(19)3)21(8-10-27)34-17-6-7-18-22(12-17)33-16(4)23(18)25(31)28-5/h6-8,10,12-14,20,27,29H,9,11H2,1-5H3,(H,28,31)/b21-8+,27-10?. The Bertz CT molecular complexity index is 1300. The smallest absolute Gasteiger partial charge is 0.255 e. The van der Waals surface area contributed by atoms with Crippen LogP contribution in [-0.4, -0.2) is 47.5 Å². The summed E-state index contributed by atoms with van der Waals surface area (Å²) >= 11 is 0. The number of fused-ring (bicyclic) bond motifs is 1. The third-order valence-electron chi connectivity index (χ3n) is 6.47. The van der Waals surface area contributed by atoms with Crippen LogP contribution in [0.3, 0.4) is 0 Å². The zero-order chi connectivity index (χ0) is 24.6. The van der Waals surface area contributed by atoms with Crippen molar-refractivity contribution in [3.63, 3.8) is 0 Å². The first kappa shape index (κ1) is 23.4. The molecule has 2 amide bonds. The summed E-state index contributed by atoms with van der Waals surface area (Å²) < 4.78 is 11.9. The van der Waals surface area contributed by atoms with E-state index in [-0.39, 0.29) is 17.9 Å². The van der Waals surface area contributed by atoms with Crippen LogP contribution in [0.15, 0.2) is 34.9 Å². The van der Waals surface area contributed by atoms with Gasteiger partial charge in [-0.3, -0.25) is 9.59 Å². The molecule has 0 aliphatic carbocycles. The van der Waals surface area contributed by atoms with Crippen molar-refractivity contribution in [1.29, 1.82) is 5.41 Å². The second-order valence-corrected chi connectivity index (χ2v) is 8.87. The largest absolute Gasteiger partial charge is 0.460 e. The zero-order valence-electron chi connectivity index (χ0n) is 20.1. The average Bonchev–Trinajstić information content (AvgIpc) is 3.30. The number of carbonyl (C=O) groups is 2. The summed E-state index contributed by atoms with van der Waals surface area (Å²) in [5, 5.41) is 10.9. The van der Waals surface area contributed by atoms with Crippen molar-refractivity contribution < 1.29 is 18.7 Å². The number of ether oxygens (including phenoxy) is 1. The lowest BCUT2D eigenvalue weighted by Gasteiger charge is -2.43. The molecule has 3 aromatic rings. The number of aromatic amines is 1. The van der Waals surface area contributed by atoms with E-state index in [4.69, 9.17) is 14.6 Å². The van der Waals surface area contributed by atoms with Gasteiger partial charge in [0.15, 0.2) is 5.76 Å². The number of likely N-dealkylation sites (tertiary alicyclic amines) is 1. The topological polar surface area (TPSA) is 111 Å². The molecule has 1 aliphatic heterocycles. The summed E-state index contributed by atoms with van der Waals surface area (Å²) in [5.41, 5.74) is 3.03. The van der Waals surface area contributed by atoms with Crippen LogP contribution in [0.2, 0.25) is 0 Å². The molecule has 1 fully saturated rings. The van der Waals surface area contributed by atoms with Crippen LogP contribution in [0.25, 0.3) is 16.7 Å². The Hall–Kier alpha value is -3.81. The first-order chi connectivity index (χ1) is 16.3. The molecule has 1 saturated heterocycles. The molecule has 8 nitrogen and oxygen atoms in total. The summed E-state index contributed by atoms with van der Waals surface area (Å²) in [7, 11) is 1.58. The summed E-state index contributed by atoms with van der Waals surface area (Å²) in [4.78, 5) is 30.4. The van der Waals surface area contributed by atoms with Crippen molar-refractivity contribution in [2.75, 3.05) is 13.6 Å². The number of aryl methyl sites for hydroxylation is 1. The number of aromatic nitrogens is 1. The molecular formula is C26H30N4O4. The third kappa shape index (κ3) is 4.00. The van der Waals surface area contributed by atoms with Crippen LogP contribution >= 0.6 is 0 Å². The first-order valence-electron chi connectivity index (χ1n) is 11.4. The lowest BCUT2D eigenvalue weighted by Crippen LogP contribution is -2.53. The van der Waals surface area contributed by atoms with Crippen molar-refractivity contribution in [2.24, 2.45) is 5.92 Å². The molecule has 2 aromatic heterocycles. The molecule has 3 N–H and O–H groups in total. The van der Waals surface area contributed by atoms with E-state index in [9.17, 15) is 9.59 Å². The minimum Gasteiger partial charge on any atom is -0.460 e. The van der Waals surface area contributed by atoms with Crippen LogP contribution in [0.5, 0.6) is 5.75 Å². The van der Waals surface area contributed by atoms with E-state index in [1.165, 1.54) is 6.08 Å². The Kier molecular flexibility index (Phi) is 6.32. The van der Waals surface area contributed by atoms with Gasteiger partial charge < -0.3 is 29.8 Å². The number of nitrogens with zero attached hydrogens (tertiary/aromatic N) is 1. The van der Waals surface area contributed by atoms with E-state index in [2.05, 4.69) is 24.1 Å². The van der Waals surface area contributed by atoms with Crippen LogP contribution in [-0.2, 0) is 0 Å². The van der Waals surface area contributed by atoms with Crippen LogP contribution in [0.1, 0.15) is 58.0 Å². The van der Waals surface area contributed by atoms with Gasteiger partial charge >= 0.3 is 0 Å². The maximum absolute atomic E-state index is 13.1. The minimum absolute atomic E-state index is 0.00774. The lowest BCUT2D eigenvalue weighted by molar-refractivity contribution is 0.0347. The number of hydrogen-bond donors (Lipinski definition) is 3. The number of hydrogen-bond acceptors (Lipinski definition) is 5. The quantitative estimate of drug-likeness (QED) is 0.350. The van der Waals surface area contributed by atoms with Crippen molar-refractivity contribution in [3.8, 4) is 5.75 Å². The summed E-state index contributed by atoms with van der Waals surface area (Å²) in [5.74, 6) is 1.63. The van der Waals surface area contributed by atoms with Gasteiger partial charge in [-0.1, -0.05) is 13.8 Å². The van der Waals surface area contributed by atoms with Gasteiger partial charge in [-0.2, -0.15) is 0 Å². The van der Waals surface area contributed by atoms with E-state index in [0.717, 1.165) is 24.7 Å². The number of amides is 2. The van der Waals surface area contributed by atoms with Gasteiger partial charge in [0.1, 0.15) is 17.1 Å². The Morgan fingerprint density at radius 3 is 2.71 bits per heavy atom. The van der Waals surface area contributed by atoms with Gasteiger partial charge in [0.25, 0.3) is 11.8 Å². The molecule has 34 heavy (non-hydrogen) atoms. The highest BCUT2D eigenvalue weighted by Gasteiger charge is 2.35. The van der Waals surface area contributed by atoms with Gasteiger partial charge in [0, 0.05) is 49.6 Å². The van der Waals surface area contributed by atoms with Crippen LogP contribution in [0, 0.1) is 25.2 Å². The van der Waals surface area contributed by atoms with Crippen molar-refractivity contribution in [3.05, 3.63) is 58.6 Å². The second kappa shape index (κ2) is 9.21. The minimum atomic E-state index is -0.213. The third-order valence-corrected chi connectivity index (χ3v) is 6.47. The molecule has 8 heteroatoms. The van der Waals surface area contributed by atoms with Crippen molar-refractivity contribution in [1.82, 2.24) is 15.2 Å². The second-order valence-electron chi connectivity index (χ2n) is 8.87. The Morgan fingerprint density at radius 2 is 2.09 bits per heavy atom. The molecule has 1 aromatic carbocycles. The molecule has 4 rings (SSSR count). The SMILES string of the molecule is CNC(=O)c1c(C)oc2cc(O/C(=C/C=N)c3[nH]cc(C(=O)N4CCC4C(C)C)c3C)ccc12. The summed E-state index contributed by atoms with van der Waals surface area (Å²) in [6, 6.07) is 5.50. The normalized spacial score (nSPS) is 16.0. The molecule has 1 unspecified atom stereocenters. The molecule has 0 radical (unpaired) electrons. The van der Waals surface area contributed by atoms with E-state index in [0.29, 0.717) is 51.0 Å². The molecule has 3 heterocycles. The van der Waals surface area contributed by atoms with Crippen molar-refractivity contribution in [2.45, 2.75) is 40.2 Å². The Balaban J connectivity index is 1.62. The monoisotopic (exact) mass is 462 g/mol. The van der Waals surface area contributed by atoms with Gasteiger partial charge in [-0.05, 0) is 43.9 Å². The maximum Gasteiger partial charge on any atom is 0.255 e. The van der Waals surface area contributed by atoms with Gasteiger partial charge in [-0.25, -0.2) is 0 Å². The van der Waals surface area contributed by atoms with E-state index >= 15 is 0 Å². The first-order valence-corrected chi connectivity index (χ1v) is 11.4. The lowest BCUT2D eigenvalue weighted by atomic mass is 9.91. The molecular weight excluding hydrogens is 432 g/mol. The average molecular weight is 463 g/mol. The fraction of sp³-hybridized carbons (Fsp3) is 0.346. The van der Waals surface area contributed by atoms with Gasteiger partial charge in [-0.15, -0.1) is 0 Å². The number of H-pyrrole nitrogens is 1. The van der Waals surface area contributed by atoms with Gasteiger partial charge in [0.2, 0.25) is 0 Å². The highest BCUT2D eigenvalue weighted by molar-refractivity contribution is 6.07. The summed E-state index contributed by atoms with van der Waals surface area (Å²) in [6.07, 6.45) is 5.40.